The highest BCUT2D eigenvalue weighted by atomic mass is 16.5. The van der Waals surface area contributed by atoms with Crippen molar-refractivity contribution in [3.8, 4) is 11.5 Å². The van der Waals surface area contributed by atoms with E-state index in [-0.39, 0.29) is 18.0 Å². The van der Waals surface area contributed by atoms with Crippen LogP contribution in [0.25, 0.3) is 21.5 Å². The van der Waals surface area contributed by atoms with E-state index in [0.717, 1.165) is 21.5 Å². The molecule has 200 valence electrons. The molecule has 0 heterocycles. The quantitative estimate of drug-likeness (QED) is 0.165. The summed E-state index contributed by atoms with van der Waals surface area (Å²) < 4.78 is 13.0. The van der Waals surface area contributed by atoms with Gasteiger partial charge in [-0.05, 0) is 22.9 Å². The van der Waals surface area contributed by atoms with Crippen molar-refractivity contribution in [1.29, 1.82) is 0 Å². The predicted octanol–water partition coefficient (Wildman–Crippen LogP) is 8.34. The lowest BCUT2D eigenvalue weighted by Crippen LogP contribution is -2.38. The molecular formula is C37H28O4. The van der Waals surface area contributed by atoms with Crippen molar-refractivity contribution in [2.24, 2.45) is 0 Å². The average Bonchev–Trinajstić information content (AvgIpc) is 3.04. The Morgan fingerprint density at radius 3 is 1.24 bits per heavy atom. The first-order valence-corrected chi connectivity index (χ1v) is 13.6. The van der Waals surface area contributed by atoms with Gasteiger partial charge in [0.05, 0.1) is 0 Å². The molecule has 0 spiro atoms. The van der Waals surface area contributed by atoms with Crippen molar-refractivity contribution < 1.29 is 19.1 Å². The smallest absolute Gasteiger partial charge is 0.203 e. The molecule has 4 nitrogen and oxygen atoms in total. The molecule has 0 saturated heterocycles. The molecule has 6 aromatic rings. The van der Waals surface area contributed by atoms with E-state index < -0.39 is 12.2 Å². The molecule has 0 aliphatic heterocycles. The number of ether oxygens (including phenoxy) is 2. The van der Waals surface area contributed by atoms with Crippen molar-refractivity contribution >= 4 is 33.1 Å². The van der Waals surface area contributed by atoms with Crippen LogP contribution in [0.5, 0.6) is 11.5 Å². The van der Waals surface area contributed by atoms with Gasteiger partial charge in [-0.1, -0.05) is 133 Å². The number of rotatable bonds is 10. The lowest BCUT2D eigenvalue weighted by molar-refractivity contribution is 0.0594. The van der Waals surface area contributed by atoms with E-state index in [0.29, 0.717) is 22.6 Å². The van der Waals surface area contributed by atoms with Crippen LogP contribution in [0.15, 0.2) is 146 Å². The second-order valence-corrected chi connectivity index (χ2v) is 9.86. The van der Waals surface area contributed by atoms with Crippen LogP contribution in [0.4, 0.5) is 0 Å². The lowest BCUT2D eigenvalue weighted by atomic mass is 9.96. The molecule has 0 N–H and O–H groups in total. The Morgan fingerprint density at radius 2 is 0.805 bits per heavy atom. The van der Waals surface area contributed by atoms with Crippen LogP contribution in [0.3, 0.4) is 0 Å². The summed E-state index contributed by atoms with van der Waals surface area (Å²) in [5.41, 5.74) is 1.02. The van der Waals surface area contributed by atoms with E-state index in [1.165, 1.54) is 0 Å². The van der Waals surface area contributed by atoms with E-state index >= 15 is 0 Å². The maximum atomic E-state index is 14.0. The number of ketones is 2. The fourth-order valence-corrected chi connectivity index (χ4v) is 5.09. The van der Waals surface area contributed by atoms with Crippen LogP contribution in [0, 0.1) is 0 Å². The number of carbonyl (C=O) groups is 2. The van der Waals surface area contributed by atoms with Crippen LogP contribution in [-0.4, -0.2) is 23.8 Å². The van der Waals surface area contributed by atoms with Gasteiger partial charge in [0.2, 0.25) is 11.6 Å². The SMILES string of the molecule is O=C(c1ccccc1)C(CC(Oc1cccc2ccccc12)C(=O)c1ccccc1)Oc1cccc2ccccc12. The van der Waals surface area contributed by atoms with Crippen molar-refractivity contribution in [2.45, 2.75) is 18.6 Å². The van der Waals surface area contributed by atoms with Gasteiger partial charge in [-0.15, -0.1) is 0 Å². The van der Waals surface area contributed by atoms with Gasteiger partial charge in [-0.2, -0.15) is 0 Å². The maximum Gasteiger partial charge on any atom is 0.203 e. The summed E-state index contributed by atoms with van der Waals surface area (Å²) in [6.45, 7) is 0. The number of carbonyl (C=O) groups excluding carboxylic acids is 2. The number of hydrogen-bond acceptors (Lipinski definition) is 4. The van der Waals surface area contributed by atoms with E-state index in [1.54, 1.807) is 24.3 Å². The number of benzene rings is 6. The highest BCUT2D eigenvalue weighted by Gasteiger charge is 2.32. The number of fused-ring (bicyclic) bond motifs is 2. The minimum Gasteiger partial charge on any atom is -0.481 e. The van der Waals surface area contributed by atoms with Crippen molar-refractivity contribution in [2.75, 3.05) is 0 Å². The van der Waals surface area contributed by atoms with Gasteiger partial charge in [0.15, 0.2) is 12.2 Å². The van der Waals surface area contributed by atoms with Crippen LogP contribution in [0.1, 0.15) is 27.1 Å². The molecule has 6 rings (SSSR count). The summed E-state index contributed by atoms with van der Waals surface area (Å²) in [5, 5.41) is 3.78. The van der Waals surface area contributed by atoms with Crippen molar-refractivity contribution in [3.05, 3.63) is 157 Å². The first-order chi connectivity index (χ1) is 20.2. The molecule has 0 saturated carbocycles. The molecule has 0 aliphatic carbocycles. The van der Waals surface area contributed by atoms with E-state index in [2.05, 4.69) is 0 Å². The monoisotopic (exact) mass is 536 g/mol. The first kappa shape index (κ1) is 26.0. The van der Waals surface area contributed by atoms with E-state index in [4.69, 9.17) is 9.47 Å². The molecule has 41 heavy (non-hydrogen) atoms. The van der Waals surface area contributed by atoms with Gasteiger partial charge in [-0.3, -0.25) is 9.59 Å². The van der Waals surface area contributed by atoms with Crippen LogP contribution in [0.2, 0.25) is 0 Å². The van der Waals surface area contributed by atoms with Crippen LogP contribution < -0.4 is 9.47 Å². The highest BCUT2D eigenvalue weighted by Crippen LogP contribution is 2.31. The van der Waals surface area contributed by atoms with Crippen molar-refractivity contribution in [3.63, 3.8) is 0 Å². The van der Waals surface area contributed by atoms with Gasteiger partial charge in [0.1, 0.15) is 11.5 Å². The van der Waals surface area contributed by atoms with Gasteiger partial charge >= 0.3 is 0 Å². The topological polar surface area (TPSA) is 52.6 Å². The zero-order chi connectivity index (χ0) is 28.0. The molecule has 0 aliphatic rings. The molecule has 4 heteroatoms. The third-order valence-corrected chi connectivity index (χ3v) is 7.17. The maximum absolute atomic E-state index is 14.0. The molecule has 0 fully saturated rings. The summed E-state index contributed by atoms with van der Waals surface area (Å²) in [4.78, 5) is 27.9. The Bertz CT molecular complexity index is 1670. The Balaban J connectivity index is 1.41. The van der Waals surface area contributed by atoms with Gasteiger partial charge in [-0.25, -0.2) is 0 Å². The zero-order valence-electron chi connectivity index (χ0n) is 22.4. The summed E-state index contributed by atoms with van der Waals surface area (Å²) in [5.74, 6) is 0.721. The molecule has 0 bridgehead atoms. The van der Waals surface area contributed by atoms with Crippen LogP contribution in [-0.2, 0) is 0 Å². The predicted molar refractivity (Wildman–Crippen MR) is 163 cm³/mol. The molecule has 2 unspecified atom stereocenters. The fraction of sp³-hybridized carbons (Fsp3) is 0.0811. The third-order valence-electron chi connectivity index (χ3n) is 7.17. The summed E-state index contributed by atoms with van der Waals surface area (Å²) in [7, 11) is 0. The summed E-state index contributed by atoms with van der Waals surface area (Å²) in [6, 6.07) is 45.3. The van der Waals surface area contributed by atoms with Gasteiger partial charge in [0, 0.05) is 28.3 Å². The molecule has 6 aromatic carbocycles. The van der Waals surface area contributed by atoms with Crippen molar-refractivity contribution in [1.82, 2.24) is 0 Å². The number of hydrogen-bond donors (Lipinski definition) is 0. The second-order valence-electron chi connectivity index (χ2n) is 9.86. The summed E-state index contributed by atoms with van der Waals surface area (Å²) in [6.07, 6.45) is -1.93. The zero-order valence-corrected chi connectivity index (χ0v) is 22.4. The third kappa shape index (κ3) is 5.73. The Labute approximate surface area is 238 Å². The second kappa shape index (κ2) is 11.9. The van der Waals surface area contributed by atoms with E-state index in [1.807, 2.05) is 121 Å². The van der Waals surface area contributed by atoms with E-state index in [9.17, 15) is 9.59 Å². The van der Waals surface area contributed by atoms with Gasteiger partial charge in [0.25, 0.3) is 0 Å². The molecule has 2 atom stereocenters. The first-order valence-electron chi connectivity index (χ1n) is 13.6. The average molecular weight is 537 g/mol. The molecule has 0 radical (unpaired) electrons. The highest BCUT2D eigenvalue weighted by molar-refractivity contribution is 6.03. The van der Waals surface area contributed by atoms with Gasteiger partial charge < -0.3 is 9.47 Å². The molecule has 0 aromatic heterocycles. The standard InChI is InChI=1S/C37H28O4/c38-36(28-15-3-1-4-16-28)34(40-32-23-11-19-26-13-7-9-21-30(26)32)25-35(37(39)29-17-5-2-6-18-29)41-33-24-12-20-27-14-8-10-22-31(27)33/h1-24,34-35H,25H2. The minimum atomic E-state index is -0.976. The largest absolute Gasteiger partial charge is 0.481 e. The van der Waals surface area contributed by atoms with Crippen LogP contribution >= 0.6 is 0 Å². The molecular weight excluding hydrogens is 508 g/mol. The summed E-state index contributed by atoms with van der Waals surface area (Å²) >= 11 is 0. The Hall–Kier alpha value is -5.22. The Morgan fingerprint density at radius 1 is 0.439 bits per heavy atom. The molecule has 0 amide bonds. The normalized spacial score (nSPS) is 12.5. The fourth-order valence-electron chi connectivity index (χ4n) is 5.09. The minimum absolute atomic E-state index is 0.0217. The lowest BCUT2D eigenvalue weighted by Gasteiger charge is -2.25. The number of Topliss-reactive ketones (excluding diaryl/α,β-unsaturated/α-hetero) is 2. The Kier molecular flexibility index (Phi) is 7.55.